The monoisotopic (exact) mass is 214 g/mol. The van der Waals surface area contributed by atoms with Crippen molar-refractivity contribution >= 4 is 5.97 Å². The molecule has 0 aromatic rings. The van der Waals surface area contributed by atoms with Crippen LogP contribution in [0.1, 0.15) is 51.9 Å². The van der Waals surface area contributed by atoms with Crippen molar-refractivity contribution in [3.63, 3.8) is 0 Å². The molecule has 0 aromatic carbocycles. The number of carbonyl (C=O) groups is 1. The second-order valence-electron chi connectivity index (χ2n) is 4.46. The molecule has 1 rings (SSSR count). The van der Waals surface area contributed by atoms with Crippen LogP contribution in [0.15, 0.2) is 0 Å². The third-order valence-electron chi connectivity index (χ3n) is 3.03. The third-order valence-corrected chi connectivity index (χ3v) is 3.03. The van der Waals surface area contributed by atoms with E-state index in [9.17, 15) is 4.79 Å². The smallest absolute Gasteiger partial charge is 0.308 e. The molecule has 0 saturated heterocycles. The van der Waals surface area contributed by atoms with Crippen molar-refractivity contribution in [3.05, 3.63) is 0 Å². The highest BCUT2D eigenvalue weighted by Crippen LogP contribution is 2.22. The van der Waals surface area contributed by atoms with Gasteiger partial charge in [-0.15, -0.1) is 0 Å². The lowest BCUT2D eigenvalue weighted by Gasteiger charge is -2.15. The molecule has 3 nitrogen and oxygen atoms in total. The number of hydrogen-bond donors (Lipinski definition) is 1. The topological polar surface area (TPSA) is 46.5 Å². The van der Waals surface area contributed by atoms with E-state index in [0.717, 1.165) is 32.1 Å². The van der Waals surface area contributed by atoms with Crippen molar-refractivity contribution in [2.75, 3.05) is 6.61 Å². The van der Waals surface area contributed by atoms with Crippen LogP contribution in [-0.4, -0.2) is 23.8 Å². The van der Waals surface area contributed by atoms with Crippen LogP contribution < -0.4 is 0 Å². The summed E-state index contributed by atoms with van der Waals surface area (Å²) in [6.45, 7) is 2.12. The van der Waals surface area contributed by atoms with Gasteiger partial charge in [-0.2, -0.15) is 0 Å². The standard InChI is InChI=1S/C12H22O3/c1-10(6-4-5-9-13)12(14)15-11-7-2-3-8-11/h10-11,13H,2-9H2,1H3. The van der Waals surface area contributed by atoms with E-state index in [1.54, 1.807) is 0 Å². The largest absolute Gasteiger partial charge is 0.462 e. The van der Waals surface area contributed by atoms with Crippen LogP contribution in [0.3, 0.4) is 0 Å². The van der Waals surface area contributed by atoms with Crippen molar-refractivity contribution in [1.29, 1.82) is 0 Å². The Labute approximate surface area is 91.8 Å². The van der Waals surface area contributed by atoms with Crippen molar-refractivity contribution in [2.45, 2.75) is 58.0 Å². The van der Waals surface area contributed by atoms with Gasteiger partial charge in [0.2, 0.25) is 0 Å². The number of esters is 1. The second kappa shape index (κ2) is 6.83. The van der Waals surface area contributed by atoms with E-state index >= 15 is 0 Å². The van der Waals surface area contributed by atoms with Gasteiger partial charge in [0.25, 0.3) is 0 Å². The Morgan fingerprint density at radius 2 is 2.07 bits per heavy atom. The summed E-state index contributed by atoms with van der Waals surface area (Å²) in [5.41, 5.74) is 0. The summed E-state index contributed by atoms with van der Waals surface area (Å²) >= 11 is 0. The minimum Gasteiger partial charge on any atom is -0.462 e. The number of carbonyl (C=O) groups excluding carboxylic acids is 1. The summed E-state index contributed by atoms with van der Waals surface area (Å²) in [6, 6.07) is 0. The van der Waals surface area contributed by atoms with Gasteiger partial charge in [-0.1, -0.05) is 13.3 Å². The van der Waals surface area contributed by atoms with E-state index in [1.165, 1.54) is 12.8 Å². The summed E-state index contributed by atoms with van der Waals surface area (Å²) in [7, 11) is 0. The predicted molar refractivity (Wildman–Crippen MR) is 58.4 cm³/mol. The first kappa shape index (κ1) is 12.5. The van der Waals surface area contributed by atoms with Gasteiger partial charge in [-0.3, -0.25) is 4.79 Å². The van der Waals surface area contributed by atoms with Gasteiger partial charge in [-0.25, -0.2) is 0 Å². The van der Waals surface area contributed by atoms with Crippen LogP contribution in [0.2, 0.25) is 0 Å². The predicted octanol–water partition coefficient (Wildman–Crippen LogP) is 2.27. The number of aliphatic hydroxyl groups is 1. The van der Waals surface area contributed by atoms with Gasteiger partial charge in [0.05, 0.1) is 5.92 Å². The quantitative estimate of drug-likeness (QED) is 0.545. The molecule has 1 unspecified atom stereocenters. The maximum Gasteiger partial charge on any atom is 0.308 e. The summed E-state index contributed by atoms with van der Waals surface area (Å²) in [4.78, 5) is 11.6. The van der Waals surface area contributed by atoms with Crippen molar-refractivity contribution < 1.29 is 14.6 Å². The number of aliphatic hydroxyl groups excluding tert-OH is 1. The average Bonchev–Trinajstić information content (AvgIpc) is 2.70. The van der Waals surface area contributed by atoms with Gasteiger partial charge < -0.3 is 9.84 Å². The number of hydrogen-bond acceptors (Lipinski definition) is 3. The molecule has 1 atom stereocenters. The van der Waals surface area contributed by atoms with E-state index < -0.39 is 0 Å². The Hall–Kier alpha value is -0.570. The molecule has 0 spiro atoms. The lowest BCUT2D eigenvalue weighted by molar-refractivity contribution is -0.153. The van der Waals surface area contributed by atoms with Crippen LogP contribution in [-0.2, 0) is 9.53 Å². The summed E-state index contributed by atoms with van der Waals surface area (Å²) in [5, 5.41) is 8.63. The zero-order valence-corrected chi connectivity index (χ0v) is 9.58. The van der Waals surface area contributed by atoms with E-state index in [0.29, 0.717) is 0 Å². The highest BCUT2D eigenvalue weighted by molar-refractivity contribution is 5.72. The molecule has 0 aliphatic heterocycles. The molecule has 15 heavy (non-hydrogen) atoms. The second-order valence-corrected chi connectivity index (χ2v) is 4.46. The minimum absolute atomic E-state index is 0.0165. The fourth-order valence-electron chi connectivity index (χ4n) is 1.97. The molecule has 1 aliphatic carbocycles. The van der Waals surface area contributed by atoms with Gasteiger partial charge in [0.1, 0.15) is 6.10 Å². The zero-order valence-electron chi connectivity index (χ0n) is 9.58. The molecule has 1 N–H and O–H groups in total. The summed E-state index contributed by atoms with van der Waals surface area (Å²) in [5.74, 6) is -0.0722. The maximum atomic E-state index is 11.6. The normalized spacial score (nSPS) is 19.1. The molecule has 0 aromatic heterocycles. The van der Waals surface area contributed by atoms with E-state index in [2.05, 4.69) is 0 Å². The molecule has 88 valence electrons. The van der Waals surface area contributed by atoms with Gasteiger partial charge in [-0.05, 0) is 38.5 Å². The lowest BCUT2D eigenvalue weighted by Crippen LogP contribution is -2.20. The van der Waals surface area contributed by atoms with Crippen LogP contribution in [0.25, 0.3) is 0 Å². The minimum atomic E-state index is -0.0557. The Kier molecular flexibility index (Phi) is 5.69. The van der Waals surface area contributed by atoms with Crippen molar-refractivity contribution in [2.24, 2.45) is 5.92 Å². The number of rotatable bonds is 6. The van der Waals surface area contributed by atoms with E-state index in [1.807, 2.05) is 6.92 Å². The molecular formula is C12H22O3. The molecule has 1 fully saturated rings. The number of ether oxygens (including phenoxy) is 1. The highest BCUT2D eigenvalue weighted by Gasteiger charge is 2.22. The van der Waals surface area contributed by atoms with Gasteiger partial charge in [0.15, 0.2) is 0 Å². The summed E-state index contributed by atoms with van der Waals surface area (Å²) < 4.78 is 5.40. The van der Waals surface area contributed by atoms with E-state index in [-0.39, 0.29) is 24.6 Å². The van der Waals surface area contributed by atoms with Gasteiger partial charge in [0, 0.05) is 6.61 Å². The Bertz CT molecular complexity index is 185. The average molecular weight is 214 g/mol. The van der Waals surface area contributed by atoms with E-state index in [4.69, 9.17) is 9.84 Å². The van der Waals surface area contributed by atoms with Crippen LogP contribution in [0.4, 0.5) is 0 Å². The molecule has 0 bridgehead atoms. The first-order valence-corrected chi connectivity index (χ1v) is 6.05. The van der Waals surface area contributed by atoms with Crippen LogP contribution in [0.5, 0.6) is 0 Å². The van der Waals surface area contributed by atoms with Crippen LogP contribution >= 0.6 is 0 Å². The fraction of sp³-hybridized carbons (Fsp3) is 0.917. The fourth-order valence-corrected chi connectivity index (χ4v) is 1.97. The van der Waals surface area contributed by atoms with Crippen molar-refractivity contribution in [3.8, 4) is 0 Å². The molecular weight excluding hydrogens is 192 g/mol. The molecule has 0 radical (unpaired) electrons. The van der Waals surface area contributed by atoms with Crippen molar-refractivity contribution in [1.82, 2.24) is 0 Å². The Morgan fingerprint density at radius 3 is 2.67 bits per heavy atom. The highest BCUT2D eigenvalue weighted by atomic mass is 16.5. The molecule has 1 saturated carbocycles. The molecule has 0 heterocycles. The SMILES string of the molecule is CC(CCCCO)C(=O)OC1CCCC1. The number of unbranched alkanes of at least 4 members (excludes halogenated alkanes) is 1. The third kappa shape index (κ3) is 4.65. The Morgan fingerprint density at radius 1 is 1.40 bits per heavy atom. The molecule has 1 aliphatic rings. The summed E-state index contributed by atoms with van der Waals surface area (Å²) in [6.07, 6.45) is 7.14. The Balaban J connectivity index is 2.14. The first-order chi connectivity index (χ1) is 7.24. The first-order valence-electron chi connectivity index (χ1n) is 6.05. The van der Waals surface area contributed by atoms with Gasteiger partial charge >= 0.3 is 5.97 Å². The lowest BCUT2D eigenvalue weighted by atomic mass is 10.0. The molecule has 0 amide bonds. The van der Waals surface area contributed by atoms with Crippen LogP contribution in [0, 0.1) is 5.92 Å². The zero-order chi connectivity index (χ0) is 11.1. The molecule has 3 heteroatoms. The maximum absolute atomic E-state index is 11.6.